The molecule has 1 fully saturated rings. The van der Waals surface area contributed by atoms with Gasteiger partial charge in [-0.1, -0.05) is 11.2 Å². The van der Waals surface area contributed by atoms with Gasteiger partial charge in [-0.2, -0.15) is 0 Å². The van der Waals surface area contributed by atoms with Crippen LogP contribution in [0.5, 0.6) is 0 Å². The summed E-state index contributed by atoms with van der Waals surface area (Å²) in [5, 5.41) is 15.5. The molecule has 0 bridgehead atoms. The summed E-state index contributed by atoms with van der Waals surface area (Å²) in [6.45, 7) is 3.54. The number of aryl methyl sites for hydroxylation is 2. The van der Waals surface area contributed by atoms with Crippen LogP contribution in [0.25, 0.3) is 11.1 Å². The van der Waals surface area contributed by atoms with Crippen molar-refractivity contribution in [3.8, 4) is 11.1 Å². The molecule has 1 atom stereocenters. The van der Waals surface area contributed by atoms with Crippen LogP contribution in [0, 0.1) is 24.0 Å². The number of aromatic nitrogens is 1. The Morgan fingerprint density at radius 1 is 1.35 bits per heavy atom. The molecule has 1 unspecified atom stereocenters. The molecule has 0 saturated carbocycles. The quantitative estimate of drug-likeness (QED) is 0.594. The summed E-state index contributed by atoms with van der Waals surface area (Å²) in [4.78, 5) is 12.9. The smallest absolute Gasteiger partial charge is 0.293 e. The Balaban J connectivity index is 2.01. The fourth-order valence-corrected chi connectivity index (χ4v) is 5.27. The lowest BCUT2D eigenvalue weighted by molar-refractivity contribution is -0.384. The van der Waals surface area contributed by atoms with E-state index in [1.807, 2.05) is 0 Å². The molecule has 0 radical (unpaired) electrons. The van der Waals surface area contributed by atoms with E-state index in [2.05, 4.69) is 5.16 Å². The van der Waals surface area contributed by atoms with E-state index in [1.54, 1.807) is 37.9 Å². The number of nitrogens with zero attached hydrogens (tertiary/aromatic N) is 3. The van der Waals surface area contributed by atoms with E-state index >= 15 is 0 Å². The van der Waals surface area contributed by atoms with E-state index in [0.29, 0.717) is 35.5 Å². The number of rotatable bonds is 4. The number of nitro benzene ring substituents is 1. The van der Waals surface area contributed by atoms with Gasteiger partial charge in [0.25, 0.3) is 5.69 Å². The van der Waals surface area contributed by atoms with Crippen molar-refractivity contribution in [1.82, 2.24) is 5.16 Å². The molecular weight excluding hydrogens is 358 g/mol. The van der Waals surface area contributed by atoms with Crippen LogP contribution in [0.15, 0.2) is 22.7 Å². The Labute approximate surface area is 151 Å². The SMILES string of the molecule is Cc1noc(C)c1-c1ccc(N(C)C2CCCS(=O)(=O)C2)c([N+](=O)[O-])c1. The number of hydrogen-bond donors (Lipinski definition) is 0. The van der Waals surface area contributed by atoms with Crippen LogP contribution >= 0.6 is 0 Å². The Bertz CT molecular complexity index is 932. The van der Waals surface area contributed by atoms with Crippen molar-refractivity contribution in [2.45, 2.75) is 32.7 Å². The summed E-state index contributed by atoms with van der Waals surface area (Å²) >= 11 is 0. The van der Waals surface area contributed by atoms with Gasteiger partial charge in [-0.15, -0.1) is 0 Å². The first-order valence-electron chi connectivity index (χ1n) is 8.34. The second kappa shape index (κ2) is 6.71. The van der Waals surface area contributed by atoms with Gasteiger partial charge in [-0.05, 0) is 38.3 Å². The van der Waals surface area contributed by atoms with E-state index in [4.69, 9.17) is 4.52 Å². The highest BCUT2D eigenvalue weighted by molar-refractivity contribution is 7.91. The molecule has 1 aromatic carbocycles. The Morgan fingerprint density at radius 3 is 2.65 bits per heavy atom. The van der Waals surface area contributed by atoms with Crippen molar-refractivity contribution < 1.29 is 17.9 Å². The molecule has 2 aromatic rings. The van der Waals surface area contributed by atoms with Crippen molar-refractivity contribution >= 4 is 21.2 Å². The number of nitro groups is 1. The number of hydrogen-bond acceptors (Lipinski definition) is 7. The highest BCUT2D eigenvalue weighted by Crippen LogP contribution is 2.36. The minimum absolute atomic E-state index is 0.0201. The molecule has 26 heavy (non-hydrogen) atoms. The predicted octanol–water partition coefficient (Wildman–Crippen LogP) is 2.88. The first-order chi connectivity index (χ1) is 12.2. The summed E-state index contributed by atoms with van der Waals surface area (Å²) in [5.41, 5.74) is 2.40. The number of anilines is 1. The van der Waals surface area contributed by atoms with Gasteiger partial charge in [0.15, 0.2) is 9.84 Å². The van der Waals surface area contributed by atoms with E-state index < -0.39 is 14.8 Å². The molecule has 1 aliphatic rings. The molecule has 1 aromatic heterocycles. The maximum atomic E-state index is 11.9. The summed E-state index contributed by atoms with van der Waals surface area (Å²) in [5.74, 6) is 0.799. The second-order valence-electron chi connectivity index (χ2n) is 6.68. The molecule has 3 rings (SSSR count). The molecule has 0 N–H and O–H groups in total. The van der Waals surface area contributed by atoms with Crippen LogP contribution < -0.4 is 4.90 Å². The fourth-order valence-electron chi connectivity index (χ4n) is 3.52. The van der Waals surface area contributed by atoms with Gasteiger partial charge < -0.3 is 9.42 Å². The molecule has 1 aliphatic heterocycles. The maximum Gasteiger partial charge on any atom is 0.293 e. The molecule has 8 nitrogen and oxygen atoms in total. The van der Waals surface area contributed by atoms with Gasteiger partial charge in [0.05, 0.1) is 22.1 Å². The summed E-state index contributed by atoms with van der Waals surface area (Å²) in [7, 11) is -1.39. The monoisotopic (exact) mass is 379 g/mol. The first-order valence-corrected chi connectivity index (χ1v) is 10.2. The average Bonchev–Trinajstić information content (AvgIpc) is 2.91. The first kappa shape index (κ1) is 18.4. The summed E-state index contributed by atoms with van der Waals surface area (Å²) in [6.07, 6.45) is 1.26. The second-order valence-corrected chi connectivity index (χ2v) is 8.91. The van der Waals surface area contributed by atoms with Crippen LogP contribution in [0.2, 0.25) is 0 Å². The molecule has 9 heteroatoms. The molecule has 1 saturated heterocycles. The van der Waals surface area contributed by atoms with Gasteiger partial charge in [0.1, 0.15) is 11.4 Å². The number of benzene rings is 1. The molecule has 0 spiro atoms. The minimum atomic E-state index is -3.11. The van der Waals surface area contributed by atoms with E-state index in [0.717, 1.165) is 5.56 Å². The van der Waals surface area contributed by atoms with Crippen LogP contribution in [-0.4, -0.2) is 43.1 Å². The van der Waals surface area contributed by atoms with Crippen LogP contribution in [0.4, 0.5) is 11.4 Å². The topological polar surface area (TPSA) is 107 Å². The van der Waals surface area contributed by atoms with Crippen LogP contribution in [-0.2, 0) is 9.84 Å². The average molecular weight is 379 g/mol. The van der Waals surface area contributed by atoms with E-state index in [9.17, 15) is 18.5 Å². The molecular formula is C17H21N3O5S. The lowest BCUT2D eigenvalue weighted by Crippen LogP contribution is -2.41. The molecule has 0 amide bonds. The summed E-state index contributed by atoms with van der Waals surface area (Å²) in [6, 6.07) is 4.68. The third-order valence-corrected chi connectivity index (χ3v) is 6.66. The van der Waals surface area contributed by atoms with Crippen molar-refractivity contribution in [2.24, 2.45) is 0 Å². The third kappa shape index (κ3) is 3.44. The largest absolute Gasteiger partial charge is 0.365 e. The Morgan fingerprint density at radius 2 is 2.08 bits per heavy atom. The van der Waals surface area contributed by atoms with E-state index in [1.165, 1.54) is 6.07 Å². The van der Waals surface area contributed by atoms with Gasteiger partial charge in [0, 0.05) is 24.7 Å². The predicted molar refractivity (Wildman–Crippen MR) is 98.1 cm³/mol. The van der Waals surface area contributed by atoms with E-state index in [-0.39, 0.29) is 23.2 Å². The van der Waals surface area contributed by atoms with Crippen molar-refractivity contribution in [2.75, 3.05) is 23.5 Å². The van der Waals surface area contributed by atoms with Crippen molar-refractivity contribution in [1.29, 1.82) is 0 Å². The lowest BCUT2D eigenvalue weighted by atomic mass is 10.0. The zero-order valence-corrected chi connectivity index (χ0v) is 15.7. The van der Waals surface area contributed by atoms with Crippen molar-refractivity contribution in [3.63, 3.8) is 0 Å². The molecule has 0 aliphatic carbocycles. The Hall–Kier alpha value is -2.42. The standard InChI is InChI=1S/C17H21N3O5S/c1-11-17(12(2)25-18-11)13-6-7-15(16(9-13)20(21)22)19(3)14-5-4-8-26(23,24)10-14/h6-7,9,14H,4-5,8,10H2,1-3H3. The third-order valence-electron chi connectivity index (χ3n) is 4.86. The van der Waals surface area contributed by atoms with Crippen LogP contribution in [0.1, 0.15) is 24.3 Å². The minimum Gasteiger partial charge on any atom is -0.365 e. The van der Waals surface area contributed by atoms with Gasteiger partial charge in [-0.3, -0.25) is 10.1 Å². The van der Waals surface area contributed by atoms with Crippen LogP contribution in [0.3, 0.4) is 0 Å². The highest BCUT2D eigenvalue weighted by Gasteiger charge is 2.31. The lowest BCUT2D eigenvalue weighted by Gasteiger charge is -2.32. The van der Waals surface area contributed by atoms with Gasteiger partial charge >= 0.3 is 0 Å². The fraction of sp³-hybridized carbons (Fsp3) is 0.471. The normalized spacial score (nSPS) is 19.3. The molecule has 2 heterocycles. The zero-order valence-electron chi connectivity index (χ0n) is 14.9. The highest BCUT2D eigenvalue weighted by atomic mass is 32.2. The zero-order chi connectivity index (χ0) is 19.1. The van der Waals surface area contributed by atoms with Gasteiger partial charge in [0.2, 0.25) is 0 Å². The maximum absolute atomic E-state index is 11.9. The summed E-state index contributed by atoms with van der Waals surface area (Å²) < 4.78 is 29.0. The van der Waals surface area contributed by atoms with Gasteiger partial charge in [-0.25, -0.2) is 8.42 Å². The Kier molecular flexibility index (Phi) is 4.74. The number of sulfone groups is 1. The molecule has 140 valence electrons. The van der Waals surface area contributed by atoms with Crippen molar-refractivity contribution in [3.05, 3.63) is 39.8 Å².